The van der Waals surface area contributed by atoms with Crippen molar-refractivity contribution in [3.05, 3.63) is 72.4 Å². The maximum Gasteiger partial charge on any atom is 0.410 e. The molecule has 12 nitrogen and oxygen atoms in total. The molecule has 3 aromatic carbocycles. The van der Waals surface area contributed by atoms with Crippen LogP contribution in [0.3, 0.4) is 0 Å². The molecule has 0 radical (unpaired) electrons. The number of nitrogens with one attached hydrogen (secondary N) is 3. The average molecular weight is 776 g/mol. The molecule has 1 aliphatic carbocycles. The number of rotatable bonds is 7. The zero-order chi connectivity index (χ0) is 39.7. The van der Waals surface area contributed by atoms with Gasteiger partial charge in [-0.15, -0.1) is 0 Å². The number of piperidine rings is 1. The summed E-state index contributed by atoms with van der Waals surface area (Å²) in [5.41, 5.74) is 5.38. The molecule has 2 aromatic heterocycles. The Morgan fingerprint density at radius 3 is 2.39 bits per heavy atom. The van der Waals surface area contributed by atoms with E-state index in [-0.39, 0.29) is 36.0 Å². The van der Waals surface area contributed by atoms with E-state index in [0.717, 1.165) is 87.3 Å². The van der Waals surface area contributed by atoms with Crippen LogP contribution in [0.4, 0.5) is 9.59 Å². The number of imidazole rings is 2. The van der Waals surface area contributed by atoms with Crippen LogP contribution in [0.15, 0.2) is 60.8 Å². The summed E-state index contributed by atoms with van der Waals surface area (Å²) in [5.74, 6) is 1.74. The number of aromatic amines is 2. The Morgan fingerprint density at radius 2 is 1.68 bits per heavy atom. The summed E-state index contributed by atoms with van der Waals surface area (Å²) in [6.07, 6.45) is 4.66. The van der Waals surface area contributed by atoms with Crippen molar-refractivity contribution in [2.24, 2.45) is 11.8 Å². The number of benzene rings is 3. The first-order valence-electron chi connectivity index (χ1n) is 19.8. The Labute approximate surface area is 328 Å². The molecule has 2 bridgehead atoms. The summed E-state index contributed by atoms with van der Waals surface area (Å²) >= 11 is 0. The minimum absolute atomic E-state index is 0.0852. The number of amides is 3. The molecule has 8 rings (SSSR count). The van der Waals surface area contributed by atoms with E-state index < -0.39 is 25.8 Å². The lowest BCUT2D eigenvalue weighted by atomic mass is 9.95. The van der Waals surface area contributed by atoms with Gasteiger partial charge in [0.1, 0.15) is 23.3 Å². The van der Waals surface area contributed by atoms with E-state index in [2.05, 4.69) is 83.0 Å². The van der Waals surface area contributed by atoms with Gasteiger partial charge >= 0.3 is 12.2 Å². The molecule has 5 aromatic rings. The summed E-state index contributed by atoms with van der Waals surface area (Å²) in [7, 11) is -0.347. The summed E-state index contributed by atoms with van der Waals surface area (Å²) in [5, 5.41) is 4.91. The second kappa shape index (κ2) is 14.1. The molecule has 3 N–H and O–H groups in total. The van der Waals surface area contributed by atoms with E-state index in [4.69, 9.17) is 19.4 Å². The number of hydrogen-bond donors (Lipinski definition) is 3. The predicted octanol–water partition coefficient (Wildman–Crippen LogP) is 8.75. The van der Waals surface area contributed by atoms with Gasteiger partial charge in [-0.25, -0.2) is 19.6 Å². The van der Waals surface area contributed by atoms with E-state index in [1.165, 1.54) is 7.11 Å². The van der Waals surface area contributed by atoms with Crippen LogP contribution >= 0.6 is 0 Å². The Kier molecular flexibility index (Phi) is 9.49. The Hall–Kier alpha value is -5.17. The highest BCUT2D eigenvalue weighted by atomic mass is 28.3. The van der Waals surface area contributed by atoms with Gasteiger partial charge in [-0.05, 0) is 92.1 Å². The third-order valence-electron chi connectivity index (χ3n) is 11.8. The van der Waals surface area contributed by atoms with Gasteiger partial charge in [-0.1, -0.05) is 69.4 Å². The fourth-order valence-corrected chi connectivity index (χ4v) is 12.0. The van der Waals surface area contributed by atoms with Crippen LogP contribution in [-0.2, 0) is 14.3 Å². The van der Waals surface area contributed by atoms with Gasteiger partial charge in [0.05, 0.1) is 50.2 Å². The second-order valence-electron chi connectivity index (χ2n) is 18.0. The molecule has 4 heterocycles. The quantitative estimate of drug-likeness (QED) is 0.140. The summed E-state index contributed by atoms with van der Waals surface area (Å²) in [6.45, 7) is 14.2. The molecule has 3 amide bonds. The van der Waals surface area contributed by atoms with Crippen molar-refractivity contribution in [3.8, 4) is 22.4 Å². The van der Waals surface area contributed by atoms with Gasteiger partial charge in [0.2, 0.25) is 5.91 Å². The molecule has 1 saturated carbocycles. The van der Waals surface area contributed by atoms with Crippen LogP contribution in [-0.4, -0.2) is 86.9 Å². The number of aromatic nitrogens is 4. The Morgan fingerprint density at radius 1 is 0.946 bits per heavy atom. The maximum absolute atomic E-state index is 13.9. The number of likely N-dealkylation sites (tertiary alicyclic amines) is 1. The van der Waals surface area contributed by atoms with Gasteiger partial charge in [0.25, 0.3) is 0 Å². The number of ether oxygens (including phenoxy) is 2. The van der Waals surface area contributed by atoms with Crippen LogP contribution in [0.2, 0.25) is 19.1 Å². The van der Waals surface area contributed by atoms with Gasteiger partial charge < -0.3 is 34.6 Å². The number of carbonyl (C=O) groups is 3. The molecule has 0 spiro atoms. The van der Waals surface area contributed by atoms with Gasteiger partial charge in [-0.3, -0.25) is 4.79 Å². The maximum atomic E-state index is 13.9. The molecule has 0 unspecified atom stereocenters. The van der Waals surface area contributed by atoms with Crippen LogP contribution in [0.5, 0.6) is 0 Å². The van der Waals surface area contributed by atoms with Crippen molar-refractivity contribution in [2.75, 3.05) is 13.3 Å². The zero-order valence-electron chi connectivity index (χ0n) is 33.6. The van der Waals surface area contributed by atoms with Crippen molar-refractivity contribution in [3.63, 3.8) is 0 Å². The fraction of sp³-hybridized carbons (Fsp3) is 0.465. The van der Waals surface area contributed by atoms with Gasteiger partial charge in [0, 0.05) is 17.6 Å². The van der Waals surface area contributed by atoms with Crippen molar-refractivity contribution in [1.29, 1.82) is 0 Å². The second-order valence-corrected chi connectivity index (χ2v) is 23.1. The lowest BCUT2D eigenvalue weighted by Crippen LogP contribution is -2.54. The number of nitrogens with zero attached hydrogens (tertiary/aromatic N) is 4. The van der Waals surface area contributed by atoms with Gasteiger partial charge in [-0.2, -0.15) is 0 Å². The summed E-state index contributed by atoms with van der Waals surface area (Å²) in [4.78, 5) is 60.2. The van der Waals surface area contributed by atoms with Crippen molar-refractivity contribution < 1.29 is 23.9 Å². The molecule has 13 heteroatoms. The molecule has 3 fully saturated rings. The molecule has 2 saturated heterocycles. The normalized spacial score (nSPS) is 22.3. The molecule has 2 aliphatic heterocycles. The Bertz CT molecular complexity index is 2310. The highest BCUT2D eigenvalue weighted by molar-refractivity contribution is 6.78. The van der Waals surface area contributed by atoms with Gasteiger partial charge in [0.15, 0.2) is 0 Å². The van der Waals surface area contributed by atoms with E-state index >= 15 is 0 Å². The topological polar surface area (TPSA) is 146 Å². The van der Waals surface area contributed by atoms with Crippen LogP contribution in [0.25, 0.3) is 44.2 Å². The van der Waals surface area contributed by atoms with Crippen molar-refractivity contribution >= 4 is 48.0 Å². The van der Waals surface area contributed by atoms with E-state index in [1.54, 1.807) is 0 Å². The number of hydrogen-bond acceptors (Lipinski definition) is 7. The first-order valence-corrected chi connectivity index (χ1v) is 23.2. The number of H-pyrrole nitrogens is 2. The SMILES string of the molecule is COC(=O)N[C@H](C(=O)N1[C@@H]2CC[C@@H](C2)[C@H]1c1ncc(-c2ccc(-c3ccc4c(ccc5[nH]c([C@@H]6C[Si](C)(C)CN6C(=O)OC(C)(C)C)nc54)c3)cc2)[nH]1)C(C)C. The smallest absolute Gasteiger partial charge is 0.410 e. The highest BCUT2D eigenvalue weighted by Gasteiger charge is 2.51. The van der Waals surface area contributed by atoms with Crippen molar-refractivity contribution in [1.82, 2.24) is 35.1 Å². The van der Waals surface area contributed by atoms with E-state index in [9.17, 15) is 14.4 Å². The molecule has 5 atom stereocenters. The third kappa shape index (κ3) is 7.05. The van der Waals surface area contributed by atoms with Crippen LogP contribution < -0.4 is 5.32 Å². The minimum atomic E-state index is -1.66. The highest BCUT2D eigenvalue weighted by Crippen LogP contribution is 2.50. The number of fused-ring (bicyclic) bond motifs is 5. The largest absolute Gasteiger partial charge is 0.453 e. The molecule has 56 heavy (non-hydrogen) atoms. The van der Waals surface area contributed by atoms with E-state index in [0.29, 0.717) is 5.92 Å². The monoisotopic (exact) mass is 775 g/mol. The van der Waals surface area contributed by atoms with Crippen molar-refractivity contribution in [2.45, 2.75) is 103 Å². The zero-order valence-corrected chi connectivity index (χ0v) is 34.6. The van der Waals surface area contributed by atoms with E-state index in [1.807, 2.05) is 50.6 Å². The minimum Gasteiger partial charge on any atom is -0.453 e. The lowest BCUT2D eigenvalue weighted by Gasteiger charge is -2.37. The third-order valence-corrected chi connectivity index (χ3v) is 14.5. The van der Waals surface area contributed by atoms with Crippen LogP contribution in [0, 0.1) is 11.8 Å². The fourth-order valence-electron chi connectivity index (χ4n) is 9.18. The molecule has 3 aliphatic rings. The average Bonchev–Trinajstić information content (AvgIpc) is 4.00. The molecular weight excluding hydrogens is 723 g/mol. The Balaban J connectivity index is 1.01. The lowest BCUT2D eigenvalue weighted by molar-refractivity contribution is -0.139. The predicted molar refractivity (Wildman–Crippen MR) is 219 cm³/mol. The first-order chi connectivity index (χ1) is 26.6. The van der Waals surface area contributed by atoms with Crippen LogP contribution in [0.1, 0.15) is 77.6 Å². The number of methoxy groups -OCH3 is 1. The molecular formula is C43H53N7O5Si. The number of alkyl carbamates (subject to hydrolysis) is 1. The molecule has 294 valence electrons. The summed E-state index contributed by atoms with van der Waals surface area (Å²) in [6, 6.07) is 19.2. The number of carbonyl (C=O) groups excluding carboxylic acids is 3. The first kappa shape index (κ1) is 37.7. The standard InChI is InChI=1S/C43H53N7O5Si/c1-24(2)35(48-41(52)54-6)40(51)50-30-16-13-29(20-30)37(50)39-44-21-33(46-39)26-11-9-25(10-12-26)27-14-17-31-28(19-27)15-18-32-36(31)47-38(45-32)34-22-56(7,8)23-49(34)42(53)55-43(3,4)5/h9-12,14-15,17-19,21,24,29-30,34-35,37H,13,16,20,22-23H2,1-8H3,(H,44,46)(H,45,47)(H,48,52)/t29-,30+,34-,35-,37-/m0/s1. The summed E-state index contributed by atoms with van der Waals surface area (Å²) < 4.78 is 10.6.